The zero-order valence-electron chi connectivity index (χ0n) is 9.63. The molecule has 0 heterocycles. The van der Waals surface area contributed by atoms with Gasteiger partial charge in [0.2, 0.25) is 0 Å². The maximum absolute atomic E-state index is 6.08. The van der Waals surface area contributed by atoms with Crippen LogP contribution in [0.3, 0.4) is 0 Å². The number of hydrazine groups is 1. The smallest absolute Gasteiger partial charge is 0.0453 e. The van der Waals surface area contributed by atoms with Crippen LogP contribution >= 0.6 is 35.6 Å². The van der Waals surface area contributed by atoms with Gasteiger partial charge in [0, 0.05) is 30.2 Å². The van der Waals surface area contributed by atoms with Gasteiger partial charge in [-0.05, 0) is 31.0 Å². The Hall–Kier alpha value is 0.01000. The SMILES string of the molecule is CC(Cc1ccc(Cl)cc1Cl)NN(C)C.Cl. The van der Waals surface area contributed by atoms with E-state index in [2.05, 4.69) is 12.3 Å². The molecule has 1 rings (SSSR count). The molecule has 1 N–H and O–H groups in total. The summed E-state index contributed by atoms with van der Waals surface area (Å²) in [6, 6.07) is 5.96. The van der Waals surface area contributed by atoms with Crippen LogP contribution in [-0.2, 0) is 6.42 Å². The van der Waals surface area contributed by atoms with E-state index >= 15 is 0 Å². The second-order valence-corrected chi connectivity index (χ2v) is 4.71. The van der Waals surface area contributed by atoms with Crippen LogP contribution in [-0.4, -0.2) is 25.1 Å². The molecule has 0 aliphatic carbocycles. The first-order valence-electron chi connectivity index (χ1n) is 4.86. The second kappa shape index (κ2) is 7.36. The summed E-state index contributed by atoms with van der Waals surface area (Å²) in [7, 11) is 3.94. The third-order valence-corrected chi connectivity index (χ3v) is 2.61. The lowest BCUT2D eigenvalue weighted by molar-refractivity contribution is 0.249. The van der Waals surface area contributed by atoms with Gasteiger partial charge in [0.05, 0.1) is 0 Å². The molecule has 0 bridgehead atoms. The molecular weight excluding hydrogens is 266 g/mol. The molecule has 0 saturated carbocycles. The number of nitrogens with one attached hydrogen (secondary N) is 1. The summed E-state index contributed by atoms with van der Waals surface area (Å²) in [6.07, 6.45) is 0.883. The maximum Gasteiger partial charge on any atom is 0.0453 e. The Balaban J connectivity index is 0.00000225. The molecule has 1 aromatic rings. The highest BCUT2D eigenvalue weighted by molar-refractivity contribution is 6.35. The van der Waals surface area contributed by atoms with Crippen LogP contribution in [0.2, 0.25) is 10.0 Å². The largest absolute Gasteiger partial charge is 0.253 e. The van der Waals surface area contributed by atoms with E-state index in [1.807, 2.05) is 31.2 Å². The number of rotatable bonds is 4. The Morgan fingerprint density at radius 1 is 1.31 bits per heavy atom. The predicted molar refractivity (Wildman–Crippen MR) is 73.7 cm³/mol. The van der Waals surface area contributed by atoms with Crippen molar-refractivity contribution < 1.29 is 0 Å². The van der Waals surface area contributed by atoms with E-state index in [1.165, 1.54) is 0 Å². The van der Waals surface area contributed by atoms with E-state index in [4.69, 9.17) is 23.2 Å². The summed E-state index contributed by atoms with van der Waals surface area (Å²) in [5, 5.41) is 3.35. The standard InChI is InChI=1S/C11H16Cl2N2.ClH/c1-8(14-15(2)3)6-9-4-5-10(12)7-11(9)13;/h4-5,7-8,14H,6H2,1-3H3;1H. The number of nitrogens with zero attached hydrogens (tertiary/aromatic N) is 1. The minimum atomic E-state index is 0. The lowest BCUT2D eigenvalue weighted by Crippen LogP contribution is -2.39. The first-order chi connectivity index (χ1) is 6.99. The molecule has 1 unspecified atom stereocenters. The van der Waals surface area contributed by atoms with Gasteiger partial charge in [-0.15, -0.1) is 12.4 Å². The van der Waals surface area contributed by atoms with E-state index < -0.39 is 0 Å². The van der Waals surface area contributed by atoms with Gasteiger partial charge >= 0.3 is 0 Å². The molecule has 0 radical (unpaired) electrons. The van der Waals surface area contributed by atoms with Gasteiger partial charge in [-0.2, -0.15) is 0 Å². The Labute approximate surface area is 113 Å². The topological polar surface area (TPSA) is 15.3 Å². The molecule has 0 spiro atoms. The van der Waals surface area contributed by atoms with Crippen LogP contribution < -0.4 is 5.43 Å². The van der Waals surface area contributed by atoms with Gasteiger partial charge in [0.1, 0.15) is 0 Å². The van der Waals surface area contributed by atoms with Crippen molar-refractivity contribution in [1.82, 2.24) is 10.4 Å². The van der Waals surface area contributed by atoms with Gasteiger partial charge < -0.3 is 0 Å². The number of halogens is 3. The Bertz CT molecular complexity index is 329. The fourth-order valence-corrected chi connectivity index (χ4v) is 1.99. The maximum atomic E-state index is 6.08. The summed E-state index contributed by atoms with van der Waals surface area (Å²) in [4.78, 5) is 0. The number of hydrogen-bond acceptors (Lipinski definition) is 2. The van der Waals surface area contributed by atoms with Gasteiger partial charge in [-0.3, -0.25) is 10.4 Å². The minimum absolute atomic E-state index is 0. The molecule has 5 heteroatoms. The van der Waals surface area contributed by atoms with E-state index in [9.17, 15) is 0 Å². The van der Waals surface area contributed by atoms with Crippen molar-refractivity contribution in [2.75, 3.05) is 14.1 Å². The lowest BCUT2D eigenvalue weighted by Gasteiger charge is -2.19. The van der Waals surface area contributed by atoms with Crippen LogP contribution in [0.4, 0.5) is 0 Å². The van der Waals surface area contributed by atoms with E-state index in [-0.39, 0.29) is 12.4 Å². The quantitative estimate of drug-likeness (QED) is 0.852. The van der Waals surface area contributed by atoms with Crippen LogP contribution in [0.1, 0.15) is 12.5 Å². The summed E-state index contributed by atoms with van der Waals surface area (Å²) in [6.45, 7) is 2.12. The molecule has 0 aromatic heterocycles. The van der Waals surface area contributed by atoms with E-state index in [0.29, 0.717) is 11.1 Å². The summed E-state index contributed by atoms with van der Waals surface area (Å²) in [5.41, 5.74) is 4.39. The lowest BCUT2D eigenvalue weighted by atomic mass is 10.1. The number of benzene rings is 1. The first-order valence-corrected chi connectivity index (χ1v) is 5.62. The van der Waals surface area contributed by atoms with Crippen molar-refractivity contribution in [2.24, 2.45) is 0 Å². The zero-order chi connectivity index (χ0) is 11.4. The van der Waals surface area contributed by atoms with E-state index in [1.54, 1.807) is 6.07 Å². The van der Waals surface area contributed by atoms with Crippen molar-refractivity contribution in [3.63, 3.8) is 0 Å². The first kappa shape index (κ1) is 16.0. The van der Waals surface area contributed by atoms with E-state index in [0.717, 1.165) is 17.0 Å². The molecule has 0 fully saturated rings. The summed E-state index contributed by atoms with van der Waals surface area (Å²) in [5.74, 6) is 0. The average Bonchev–Trinajstić information content (AvgIpc) is 2.08. The Kier molecular flexibility index (Phi) is 7.36. The molecule has 92 valence electrons. The fraction of sp³-hybridized carbons (Fsp3) is 0.455. The zero-order valence-corrected chi connectivity index (χ0v) is 12.0. The average molecular weight is 284 g/mol. The minimum Gasteiger partial charge on any atom is -0.253 e. The Morgan fingerprint density at radius 3 is 2.44 bits per heavy atom. The number of hydrogen-bond donors (Lipinski definition) is 1. The highest BCUT2D eigenvalue weighted by Gasteiger charge is 2.07. The monoisotopic (exact) mass is 282 g/mol. The third-order valence-electron chi connectivity index (χ3n) is 2.02. The predicted octanol–water partition coefficient (Wildman–Crippen LogP) is 3.41. The van der Waals surface area contributed by atoms with Crippen molar-refractivity contribution in [1.29, 1.82) is 0 Å². The van der Waals surface area contributed by atoms with Gasteiger partial charge in [-0.25, -0.2) is 0 Å². The van der Waals surface area contributed by atoms with Gasteiger partial charge in [-0.1, -0.05) is 29.3 Å². The summed E-state index contributed by atoms with van der Waals surface area (Å²) < 4.78 is 0. The van der Waals surface area contributed by atoms with Gasteiger partial charge in [0.25, 0.3) is 0 Å². The molecule has 0 saturated heterocycles. The molecule has 1 atom stereocenters. The molecular formula is C11H17Cl3N2. The molecule has 0 aliphatic heterocycles. The third kappa shape index (κ3) is 5.37. The van der Waals surface area contributed by atoms with Crippen molar-refractivity contribution >= 4 is 35.6 Å². The van der Waals surface area contributed by atoms with Crippen LogP contribution in [0, 0.1) is 0 Å². The van der Waals surface area contributed by atoms with Crippen LogP contribution in [0.25, 0.3) is 0 Å². The highest BCUT2D eigenvalue weighted by atomic mass is 35.5. The fourth-order valence-electron chi connectivity index (χ4n) is 1.50. The molecule has 2 nitrogen and oxygen atoms in total. The highest BCUT2D eigenvalue weighted by Crippen LogP contribution is 2.21. The normalized spacial score (nSPS) is 12.4. The Morgan fingerprint density at radius 2 is 1.94 bits per heavy atom. The van der Waals surface area contributed by atoms with Crippen LogP contribution in [0.5, 0.6) is 0 Å². The van der Waals surface area contributed by atoms with Crippen molar-refractivity contribution in [3.05, 3.63) is 33.8 Å². The van der Waals surface area contributed by atoms with Crippen LogP contribution in [0.15, 0.2) is 18.2 Å². The molecule has 0 aliphatic rings. The second-order valence-electron chi connectivity index (χ2n) is 3.86. The summed E-state index contributed by atoms with van der Waals surface area (Å²) >= 11 is 11.9. The van der Waals surface area contributed by atoms with Crippen molar-refractivity contribution in [2.45, 2.75) is 19.4 Å². The van der Waals surface area contributed by atoms with Crippen molar-refractivity contribution in [3.8, 4) is 0 Å². The molecule has 0 amide bonds. The molecule has 1 aromatic carbocycles. The molecule has 16 heavy (non-hydrogen) atoms. The van der Waals surface area contributed by atoms with Gasteiger partial charge in [0.15, 0.2) is 0 Å².